The fourth-order valence-corrected chi connectivity index (χ4v) is 3.37. The number of halogens is 1. The number of aliphatic hydroxyl groups is 1. The number of benzene rings is 2. The van der Waals surface area contributed by atoms with E-state index in [0.717, 1.165) is 0 Å². The molecular weight excluding hydrogens is 326 g/mol. The summed E-state index contributed by atoms with van der Waals surface area (Å²) in [5, 5.41) is 11.8. The predicted octanol–water partition coefficient (Wildman–Crippen LogP) is 3.41. The van der Waals surface area contributed by atoms with Crippen molar-refractivity contribution in [2.24, 2.45) is 5.92 Å². The highest BCUT2D eigenvalue weighted by Crippen LogP contribution is 2.45. The number of anilines is 1. The van der Waals surface area contributed by atoms with E-state index in [1.165, 1.54) is 4.90 Å². The number of hydrogen-bond donors (Lipinski definition) is 1. The Kier molecular flexibility index (Phi) is 4.20. The van der Waals surface area contributed by atoms with Gasteiger partial charge in [0.15, 0.2) is 11.4 Å². The Bertz CT molecular complexity index is 803. The Morgan fingerprint density at radius 1 is 1.21 bits per heavy atom. The van der Waals surface area contributed by atoms with Crippen molar-refractivity contribution in [1.29, 1.82) is 0 Å². The molecule has 0 unspecified atom stereocenters. The standard InChI is InChI=1S/C19H18ClNO3/c1-3-21-16-7-5-4-6-15(16)19(24,18(21)23)12(2)17(22)13-8-10-14(20)11-9-13/h4-12,24H,3H2,1-2H3/t12-,19-/m0/s1. The normalized spacial score (nSPS) is 20.8. The molecule has 2 aromatic rings. The number of amides is 1. The smallest absolute Gasteiger partial charge is 0.264 e. The van der Waals surface area contributed by atoms with Crippen LogP contribution in [0.1, 0.15) is 29.8 Å². The number of carbonyl (C=O) groups excluding carboxylic acids is 2. The zero-order valence-electron chi connectivity index (χ0n) is 13.5. The topological polar surface area (TPSA) is 57.6 Å². The number of Topliss-reactive ketones (excluding diaryl/α,β-unsaturated/α-hetero) is 1. The average molecular weight is 344 g/mol. The molecule has 2 atom stereocenters. The van der Waals surface area contributed by atoms with Gasteiger partial charge in [0.05, 0.1) is 11.6 Å². The first kappa shape index (κ1) is 16.7. The van der Waals surface area contributed by atoms with E-state index >= 15 is 0 Å². The number of rotatable bonds is 4. The summed E-state index contributed by atoms with van der Waals surface area (Å²) in [6.45, 7) is 3.86. The molecule has 0 fully saturated rings. The van der Waals surface area contributed by atoms with E-state index in [9.17, 15) is 14.7 Å². The molecule has 1 aliphatic rings. The molecule has 4 nitrogen and oxygen atoms in total. The third kappa shape index (κ3) is 2.34. The van der Waals surface area contributed by atoms with Crippen molar-refractivity contribution in [1.82, 2.24) is 0 Å². The SMILES string of the molecule is CCN1C(=O)[C@](O)([C@@H](C)C(=O)c2ccc(Cl)cc2)c2ccccc21. The highest BCUT2D eigenvalue weighted by Gasteiger charge is 2.54. The summed E-state index contributed by atoms with van der Waals surface area (Å²) in [4.78, 5) is 27.2. The van der Waals surface area contributed by atoms with Crippen LogP contribution in [0.25, 0.3) is 0 Å². The van der Waals surface area contributed by atoms with Gasteiger partial charge in [0.25, 0.3) is 5.91 Å². The maximum atomic E-state index is 12.8. The summed E-state index contributed by atoms with van der Waals surface area (Å²) in [5.74, 6) is -1.67. The van der Waals surface area contributed by atoms with Crippen LogP contribution in [0, 0.1) is 5.92 Å². The minimum Gasteiger partial charge on any atom is -0.375 e. The van der Waals surface area contributed by atoms with Crippen LogP contribution < -0.4 is 4.90 Å². The van der Waals surface area contributed by atoms with Gasteiger partial charge in [-0.2, -0.15) is 0 Å². The molecule has 3 rings (SSSR count). The first-order valence-electron chi connectivity index (χ1n) is 7.84. The number of fused-ring (bicyclic) bond motifs is 1. The highest BCUT2D eigenvalue weighted by molar-refractivity contribution is 6.30. The van der Waals surface area contributed by atoms with Gasteiger partial charge in [0.1, 0.15) is 0 Å². The zero-order chi connectivity index (χ0) is 17.5. The minimum absolute atomic E-state index is 0.296. The second-order valence-electron chi connectivity index (χ2n) is 5.93. The summed E-state index contributed by atoms with van der Waals surface area (Å²) >= 11 is 5.86. The minimum atomic E-state index is -1.86. The van der Waals surface area contributed by atoms with Gasteiger partial charge >= 0.3 is 0 Å². The summed E-state index contributed by atoms with van der Waals surface area (Å²) < 4.78 is 0. The van der Waals surface area contributed by atoms with Gasteiger partial charge in [0, 0.05) is 22.7 Å². The Balaban J connectivity index is 2.05. The zero-order valence-corrected chi connectivity index (χ0v) is 14.2. The number of carbonyl (C=O) groups is 2. The van der Waals surface area contributed by atoms with E-state index < -0.39 is 17.4 Å². The van der Waals surface area contributed by atoms with Gasteiger partial charge in [-0.05, 0) is 37.3 Å². The molecule has 0 radical (unpaired) electrons. The molecule has 1 N–H and O–H groups in total. The molecule has 0 aliphatic carbocycles. The van der Waals surface area contributed by atoms with Crippen LogP contribution in [0.5, 0.6) is 0 Å². The first-order valence-corrected chi connectivity index (χ1v) is 8.22. The van der Waals surface area contributed by atoms with E-state index in [0.29, 0.717) is 28.4 Å². The van der Waals surface area contributed by atoms with Crippen LogP contribution in [-0.2, 0) is 10.4 Å². The fraction of sp³-hybridized carbons (Fsp3) is 0.263. The molecule has 1 aliphatic heterocycles. The number of hydrogen-bond acceptors (Lipinski definition) is 3. The van der Waals surface area contributed by atoms with Crippen molar-refractivity contribution in [3.05, 3.63) is 64.7 Å². The molecule has 1 amide bonds. The number of likely N-dealkylation sites (N-methyl/N-ethyl adjacent to an activating group) is 1. The van der Waals surface area contributed by atoms with Gasteiger partial charge in [0.2, 0.25) is 0 Å². The lowest BCUT2D eigenvalue weighted by atomic mass is 9.79. The van der Waals surface area contributed by atoms with Crippen molar-refractivity contribution >= 4 is 29.0 Å². The van der Waals surface area contributed by atoms with Gasteiger partial charge in [-0.15, -0.1) is 0 Å². The monoisotopic (exact) mass is 343 g/mol. The van der Waals surface area contributed by atoms with Crippen molar-refractivity contribution in [2.75, 3.05) is 11.4 Å². The molecule has 0 aromatic heterocycles. The molecule has 5 heteroatoms. The highest BCUT2D eigenvalue weighted by atomic mass is 35.5. The number of para-hydroxylation sites is 1. The van der Waals surface area contributed by atoms with E-state index in [4.69, 9.17) is 11.6 Å². The molecule has 0 spiro atoms. The Morgan fingerprint density at radius 2 is 1.83 bits per heavy atom. The fourth-order valence-electron chi connectivity index (χ4n) is 3.25. The van der Waals surface area contributed by atoms with Crippen LogP contribution in [0.3, 0.4) is 0 Å². The summed E-state index contributed by atoms with van der Waals surface area (Å²) in [6, 6.07) is 13.5. The van der Waals surface area contributed by atoms with E-state index in [2.05, 4.69) is 0 Å². The quantitative estimate of drug-likeness (QED) is 0.865. The third-order valence-electron chi connectivity index (χ3n) is 4.64. The van der Waals surface area contributed by atoms with Crippen LogP contribution in [-0.4, -0.2) is 23.3 Å². The van der Waals surface area contributed by atoms with Crippen molar-refractivity contribution in [3.63, 3.8) is 0 Å². The maximum absolute atomic E-state index is 12.8. The van der Waals surface area contributed by atoms with Gasteiger partial charge in [-0.1, -0.05) is 36.7 Å². The molecule has 0 bridgehead atoms. The summed E-state index contributed by atoms with van der Waals surface area (Å²) in [7, 11) is 0. The van der Waals surface area contributed by atoms with Crippen LogP contribution in [0.2, 0.25) is 5.02 Å². The van der Waals surface area contributed by atoms with Crippen LogP contribution in [0.15, 0.2) is 48.5 Å². The maximum Gasteiger partial charge on any atom is 0.264 e. The molecule has 124 valence electrons. The van der Waals surface area contributed by atoms with Crippen molar-refractivity contribution < 1.29 is 14.7 Å². The van der Waals surface area contributed by atoms with Crippen LogP contribution >= 0.6 is 11.6 Å². The molecule has 24 heavy (non-hydrogen) atoms. The predicted molar refractivity (Wildman–Crippen MR) is 93.3 cm³/mol. The Labute approximate surface area is 145 Å². The second-order valence-corrected chi connectivity index (χ2v) is 6.36. The molecule has 0 saturated carbocycles. The van der Waals surface area contributed by atoms with Crippen molar-refractivity contribution in [3.8, 4) is 0 Å². The Morgan fingerprint density at radius 3 is 2.46 bits per heavy atom. The van der Waals surface area contributed by atoms with Gasteiger partial charge < -0.3 is 10.0 Å². The lowest BCUT2D eigenvalue weighted by Crippen LogP contribution is -2.47. The summed E-state index contributed by atoms with van der Waals surface area (Å²) in [5.41, 5.74) is -0.306. The largest absolute Gasteiger partial charge is 0.375 e. The second kappa shape index (κ2) is 6.04. The average Bonchev–Trinajstić information content (AvgIpc) is 2.83. The third-order valence-corrected chi connectivity index (χ3v) is 4.89. The number of nitrogens with zero attached hydrogens (tertiary/aromatic N) is 1. The molecule has 1 heterocycles. The molecule has 2 aromatic carbocycles. The number of ketones is 1. The lowest BCUT2D eigenvalue weighted by molar-refractivity contribution is -0.139. The van der Waals surface area contributed by atoms with Gasteiger partial charge in [-0.3, -0.25) is 9.59 Å². The van der Waals surface area contributed by atoms with E-state index in [1.807, 2.05) is 13.0 Å². The van der Waals surface area contributed by atoms with E-state index in [1.54, 1.807) is 49.4 Å². The van der Waals surface area contributed by atoms with Gasteiger partial charge in [-0.25, -0.2) is 0 Å². The lowest BCUT2D eigenvalue weighted by Gasteiger charge is -2.28. The Hall–Kier alpha value is -2.17. The summed E-state index contributed by atoms with van der Waals surface area (Å²) in [6.07, 6.45) is 0. The van der Waals surface area contributed by atoms with Crippen LogP contribution in [0.4, 0.5) is 5.69 Å². The molecular formula is C19H18ClNO3. The molecule has 0 saturated heterocycles. The van der Waals surface area contributed by atoms with E-state index in [-0.39, 0.29) is 5.78 Å². The van der Waals surface area contributed by atoms with Crippen molar-refractivity contribution in [2.45, 2.75) is 19.4 Å². The first-order chi connectivity index (χ1) is 11.4.